The average Bonchev–Trinajstić information content (AvgIpc) is 3.11. The van der Waals surface area contributed by atoms with Crippen LogP contribution >= 0.6 is 0 Å². The van der Waals surface area contributed by atoms with Crippen molar-refractivity contribution in [2.75, 3.05) is 6.54 Å². The second-order valence-corrected chi connectivity index (χ2v) is 11.6. The molecule has 4 aliphatic rings. The lowest BCUT2D eigenvalue weighted by atomic mass is 9.45. The van der Waals surface area contributed by atoms with Crippen LogP contribution in [0.5, 0.6) is 0 Å². The van der Waals surface area contributed by atoms with Crippen molar-refractivity contribution >= 4 is 17.7 Å². The minimum absolute atomic E-state index is 0.116. The summed E-state index contributed by atoms with van der Waals surface area (Å²) in [6.07, 6.45) is 6.16. The van der Waals surface area contributed by atoms with Crippen molar-refractivity contribution in [3.8, 4) is 0 Å². The summed E-state index contributed by atoms with van der Waals surface area (Å²) in [6, 6.07) is 0. The van der Waals surface area contributed by atoms with E-state index in [1.54, 1.807) is 6.08 Å². The van der Waals surface area contributed by atoms with Crippen LogP contribution in [0.15, 0.2) is 11.6 Å². The normalized spacial score (nSPS) is 43.1. The van der Waals surface area contributed by atoms with E-state index in [-0.39, 0.29) is 65.1 Å². The second kappa shape index (κ2) is 8.81. The topological polar surface area (TPSA) is 124 Å². The molecule has 0 aromatic rings. The van der Waals surface area contributed by atoms with Gasteiger partial charge in [0.25, 0.3) is 0 Å². The molecule has 33 heavy (non-hydrogen) atoms. The number of aliphatic carboxylic acids is 1. The smallest absolute Gasteiger partial charge is 0.322 e. The van der Waals surface area contributed by atoms with E-state index < -0.39 is 18.2 Å². The van der Waals surface area contributed by atoms with Gasteiger partial charge >= 0.3 is 5.97 Å². The highest BCUT2D eigenvalue weighted by Crippen LogP contribution is 2.67. The van der Waals surface area contributed by atoms with Crippen molar-refractivity contribution < 1.29 is 29.7 Å². The summed E-state index contributed by atoms with van der Waals surface area (Å²) in [5.41, 5.74) is 0.617. The maximum Gasteiger partial charge on any atom is 0.322 e. The Hall–Kier alpha value is -1.73. The summed E-state index contributed by atoms with van der Waals surface area (Å²) >= 11 is 0. The molecule has 0 heterocycles. The van der Waals surface area contributed by atoms with Crippen molar-refractivity contribution in [2.24, 2.45) is 40.4 Å². The molecule has 0 aliphatic heterocycles. The van der Waals surface area contributed by atoms with Crippen LogP contribution in [-0.4, -0.2) is 51.7 Å². The Kier molecular flexibility index (Phi) is 6.51. The Morgan fingerprint density at radius 1 is 1.21 bits per heavy atom. The molecule has 0 aromatic heterocycles. The molecule has 184 valence electrons. The van der Waals surface area contributed by atoms with Crippen LogP contribution < -0.4 is 5.32 Å². The molecule has 4 aliphatic carbocycles. The van der Waals surface area contributed by atoms with Crippen LogP contribution in [0.2, 0.25) is 0 Å². The van der Waals surface area contributed by atoms with E-state index in [2.05, 4.69) is 26.1 Å². The Bertz CT molecular complexity index is 854. The molecule has 0 bridgehead atoms. The Morgan fingerprint density at radius 3 is 2.64 bits per heavy atom. The van der Waals surface area contributed by atoms with Crippen molar-refractivity contribution in [1.29, 1.82) is 0 Å². The summed E-state index contributed by atoms with van der Waals surface area (Å²) < 4.78 is 0. The van der Waals surface area contributed by atoms with Gasteiger partial charge in [-0.2, -0.15) is 0 Å². The van der Waals surface area contributed by atoms with E-state index in [0.29, 0.717) is 25.7 Å². The third-order valence-electron chi connectivity index (χ3n) is 10.1. The number of carboxylic acid groups (broad SMARTS) is 1. The van der Waals surface area contributed by atoms with Crippen molar-refractivity contribution in [3.63, 3.8) is 0 Å². The van der Waals surface area contributed by atoms with Gasteiger partial charge in [0.15, 0.2) is 5.78 Å². The van der Waals surface area contributed by atoms with Gasteiger partial charge in [0, 0.05) is 12.8 Å². The van der Waals surface area contributed by atoms with Gasteiger partial charge in [-0.25, -0.2) is 0 Å². The largest absolute Gasteiger partial charge is 0.480 e. The third kappa shape index (κ3) is 4.05. The maximum atomic E-state index is 12.1. The molecule has 7 heteroatoms. The van der Waals surface area contributed by atoms with E-state index in [1.807, 2.05) is 0 Å². The number of amides is 1. The summed E-state index contributed by atoms with van der Waals surface area (Å²) in [6.45, 7) is 6.18. The molecule has 4 rings (SSSR count). The first kappa shape index (κ1) is 24.4. The highest BCUT2D eigenvalue weighted by molar-refractivity contribution is 5.91. The SMILES string of the molecule is C[C@H](CCC(=O)[15NH][13CH2][13C](=O)O)[C@H]1CC[C@H]2C3[C@H](O)CC4=CC(=O)CC[C@]4(C)[C@H]3C[C@H](O)[C@]12C. The van der Waals surface area contributed by atoms with Gasteiger partial charge in [0.2, 0.25) is 5.91 Å². The molecule has 9 atom stereocenters. The van der Waals surface area contributed by atoms with Gasteiger partial charge in [-0.1, -0.05) is 26.3 Å². The second-order valence-electron chi connectivity index (χ2n) is 11.6. The summed E-state index contributed by atoms with van der Waals surface area (Å²) in [5, 5.41) is 34.0. The standard InChI is InChI=1S/C26H39NO6/c1-14(4-7-22(31)27-13-23(32)33)17-5-6-18-24-19(12-21(30)26(17,18)3)25(2)9-8-16(28)10-15(25)11-20(24)29/h10,14,17-21,24,29-30H,4-9,11-13H2,1-3H3,(H,27,31)(H,32,33)/t14-,17-,18+,19+,20-,21+,24?,25+,26-/m1/s1/i13+1,23+1,27+1. The number of carbonyl (C=O) groups is 3. The van der Waals surface area contributed by atoms with Gasteiger partial charge < -0.3 is 20.6 Å². The molecule has 0 saturated heterocycles. The quantitative estimate of drug-likeness (QED) is 0.354. The van der Waals surface area contributed by atoms with Crippen LogP contribution in [0.1, 0.15) is 72.1 Å². The first-order chi connectivity index (χ1) is 15.5. The van der Waals surface area contributed by atoms with Gasteiger partial charge in [0.1, 0.15) is 6.54 Å². The first-order valence-corrected chi connectivity index (χ1v) is 12.6. The summed E-state index contributed by atoms with van der Waals surface area (Å²) in [4.78, 5) is 34.8. The number of aliphatic hydroxyl groups excluding tert-OH is 2. The van der Waals surface area contributed by atoms with Gasteiger partial charge in [-0.05, 0) is 85.0 Å². The van der Waals surface area contributed by atoms with Crippen molar-refractivity contribution in [1.82, 2.24) is 5.32 Å². The number of nitrogens with one attached hydrogen (secondary N) is 1. The van der Waals surface area contributed by atoms with Crippen LogP contribution in [0.25, 0.3) is 0 Å². The van der Waals surface area contributed by atoms with Crippen molar-refractivity contribution in [3.05, 3.63) is 11.6 Å². The molecule has 3 fully saturated rings. The van der Waals surface area contributed by atoms with Gasteiger partial charge in [-0.15, -0.1) is 0 Å². The highest BCUT2D eigenvalue weighted by Gasteiger charge is 2.64. The van der Waals surface area contributed by atoms with Crippen LogP contribution in [0, 0.1) is 40.4 Å². The van der Waals surface area contributed by atoms with E-state index in [9.17, 15) is 24.6 Å². The minimum Gasteiger partial charge on any atom is -0.480 e. The monoisotopic (exact) mass is 464 g/mol. The lowest BCUT2D eigenvalue weighted by Crippen LogP contribution is -2.60. The number of aliphatic hydroxyl groups is 2. The third-order valence-corrected chi connectivity index (χ3v) is 10.1. The predicted octanol–water partition coefficient (Wildman–Crippen LogP) is 2.69. The fraction of sp³-hybridized carbons (Fsp3) is 0.808. The summed E-state index contributed by atoms with van der Waals surface area (Å²) in [5.74, 6) is -0.203. The van der Waals surface area contributed by atoms with E-state index in [4.69, 9.17) is 5.11 Å². The first-order valence-electron chi connectivity index (χ1n) is 12.6. The molecule has 1 unspecified atom stereocenters. The Balaban J connectivity index is 1.51. The fourth-order valence-electron chi connectivity index (χ4n) is 8.28. The molecule has 0 spiro atoms. The molecule has 4 N–H and O–H groups in total. The summed E-state index contributed by atoms with van der Waals surface area (Å²) in [7, 11) is 0. The molecule has 0 radical (unpaired) electrons. The lowest BCUT2D eigenvalue weighted by Gasteiger charge is -2.61. The van der Waals surface area contributed by atoms with Crippen LogP contribution in [-0.2, 0) is 14.4 Å². The molecular formula is C26H39NO6. The molecule has 3 saturated carbocycles. The van der Waals surface area contributed by atoms with Crippen LogP contribution in [0.3, 0.4) is 0 Å². The average molecular weight is 465 g/mol. The van der Waals surface area contributed by atoms with E-state index in [0.717, 1.165) is 24.8 Å². The molecule has 1 amide bonds. The minimum atomic E-state index is -1.05. The van der Waals surface area contributed by atoms with E-state index >= 15 is 0 Å². The van der Waals surface area contributed by atoms with Gasteiger partial charge in [0.05, 0.1) is 12.2 Å². The number of carbonyl (C=O) groups excluding carboxylic acids is 2. The van der Waals surface area contributed by atoms with Crippen molar-refractivity contribution in [2.45, 2.75) is 84.3 Å². The van der Waals surface area contributed by atoms with Crippen LogP contribution in [0.4, 0.5) is 0 Å². The number of hydrogen-bond donors (Lipinski definition) is 4. The van der Waals surface area contributed by atoms with Gasteiger partial charge in [-0.3, -0.25) is 14.4 Å². The Labute approximate surface area is 196 Å². The highest BCUT2D eigenvalue weighted by atomic mass is 16.5. The Morgan fingerprint density at radius 2 is 1.94 bits per heavy atom. The lowest BCUT2D eigenvalue weighted by molar-refractivity contribution is -0.168. The maximum absolute atomic E-state index is 12.1. The number of ketones is 1. The number of hydrogen-bond acceptors (Lipinski definition) is 5. The zero-order valence-corrected chi connectivity index (χ0v) is 20.0. The number of fused-ring (bicyclic) bond motifs is 5. The fourth-order valence-corrected chi connectivity index (χ4v) is 8.28. The van der Waals surface area contributed by atoms with E-state index in [1.165, 1.54) is 0 Å². The molecule has 7 nitrogen and oxygen atoms in total. The number of carboxylic acids is 1. The molecule has 0 aromatic carbocycles. The zero-order valence-electron chi connectivity index (χ0n) is 20.0. The molecular weight excluding hydrogens is 425 g/mol. The predicted molar refractivity (Wildman–Crippen MR) is 122 cm³/mol. The number of rotatable bonds is 6. The zero-order chi connectivity index (χ0) is 24.1.